The Labute approximate surface area is 125 Å². The van der Waals surface area contributed by atoms with Crippen molar-refractivity contribution in [2.45, 2.75) is 39.5 Å². The quantitative estimate of drug-likeness (QED) is 0.591. The molecule has 0 saturated carbocycles. The Morgan fingerprint density at radius 2 is 2.15 bits per heavy atom. The van der Waals surface area contributed by atoms with E-state index in [2.05, 4.69) is 17.2 Å². The van der Waals surface area contributed by atoms with Crippen molar-refractivity contribution in [3.63, 3.8) is 0 Å². The number of hydrogen-bond donors (Lipinski definition) is 1. The lowest BCUT2D eigenvalue weighted by Crippen LogP contribution is -2.25. The zero-order chi connectivity index (χ0) is 15.0. The molecule has 1 N–H and O–H groups in total. The van der Waals surface area contributed by atoms with Gasteiger partial charge in [-0.05, 0) is 30.9 Å². The average Bonchev–Trinajstić information content (AvgIpc) is 2.41. The summed E-state index contributed by atoms with van der Waals surface area (Å²) in [4.78, 5) is 16.2. The van der Waals surface area contributed by atoms with Gasteiger partial charge in [0.25, 0.3) is 5.91 Å². The van der Waals surface area contributed by atoms with Crippen molar-refractivity contribution in [1.29, 1.82) is 0 Å². The Morgan fingerprint density at radius 3 is 2.80 bits per heavy atom. The van der Waals surface area contributed by atoms with E-state index < -0.39 is 0 Å². The van der Waals surface area contributed by atoms with Gasteiger partial charge in [-0.15, -0.1) is 0 Å². The minimum Gasteiger partial charge on any atom is -0.381 e. The fourth-order valence-electron chi connectivity index (χ4n) is 1.67. The highest BCUT2D eigenvalue weighted by atomic mass is 35.5. The molecule has 1 rings (SSSR count). The van der Waals surface area contributed by atoms with E-state index in [4.69, 9.17) is 16.3 Å². The van der Waals surface area contributed by atoms with Gasteiger partial charge in [-0.1, -0.05) is 32.4 Å². The molecule has 4 nitrogen and oxygen atoms in total. The maximum atomic E-state index is 12.0. The zero-order valence-corrected chi connectivity index (χ0v) is 13.2. The first-order valence-electron chi connectivity index (χ1n) is 7.08. The number of aromatic nitrogens is 1. The minimum atomic E-state index is -0.119. The lowest BCUT2D eigenvalue weighted by Gasteiger charge is -2.09. The molecule has 0 aliphatic heterocycles. The Balaban J connectivity index is 2.47. The van der Waals surface area contributed by atoms with Crippen molar-refractivity contribution in [2.75, 3.05) is 19.8 Å². The van der Waals surface area contributed by atoms with Gasteiger partial charge in [0.05, 0.1) is 0 Å². The van der Waals surface area contributed by atoms with Crippen LogP contribution in [-0.2, 0) is 4.74 Å². The van der Waals surface area contributed by atoms with Gasteiger partial charge < -0.3 is 10.1 Å². The molecule has 1 heterocycles. The van der Waals surface area contributed by atoms with Gasteiger partial charge in [-0.2, -0.15) is 0 Å². The summed E-state index contributed by atoms with van der Waals surface area (Å²) >= 11 is 5.95. The maximum Gasteiger partial charge on any atom is 0.251 e. The third kappa shape index (κ3) is 5.88. The number of carbonyl (C=O) groups is 1. The molecule has 5 heteroatoms. The molecule has 0 spiro atoms. The monoisotopic (exact) mass is 298 g/mol. The second-order valence-electron chi connectivity index (χ2n) is 4.98. The van der Waals surface area contributed by atoms with E-state index in [-0.39, 0.29) is 11.8 Å². The SMILES string of the molecule is CCCOCCCNC(=O)c1cc(Cl)nc(C(C)C)c1. The van der Waals surface area contributed by atoms with Crippen molar-refractivity contribution in [1.82, 2.24) is 10.3 Å². The first-order valence-corrected chi connectivity index (χ1v) is 7.45. The number of nitrogens with one attached hydrogen (secondary N) is 1. The summed E-state index contributed by atoms with van der Waals surface area (Å²) in [7, 11) is 0. The number of hydrogen-bond acceptors (Lipinski definition) is 3. The zero-order valence-electron chi connectivity index (χ0n) is 12.4. The van der Waals surface area contributed by atoms with Crippen molar-refractivity contribution in [3.8, 4) is 0 Å². The number of pyridine rings is 1. The van der Waals surface area contributed by atoms with Gasteiger partial charge in [0, 0.05) is 31.0 Å². The van der Waals surface area contributed by atoms with Crippen molar-refractivity contribution in [2.24, 2.45) is 0 Å². The molecule has 0 aromatic carbocycles. The molecule has 0 bridgehead atoms. The molecule has 0 atom stereocenters. The summed E-state index contributed by atoms with van der Waals surface area (Å²) < 4.78 is 5.36. The van der Waals surface area contributed by atoms with E-state index in [0.717, 1.165) is 25.1 Å². The maximum absolute atomic E-state index is 12.0. The van der Waals surface area contributed by atoms with E-state index in [1.54, 1.807) is 12.1 Å². The molecular formula is C15H23ClN2O2. The molecule has 0 fully saturated rings. The third-order valence-electron chi connectivity index (χ3n) is 2.77. The van der Waals surface area contributed by atoms with Gasteiger partial charge in [0.15, 0.2) is 0 Å². The standard InChI is InChI=1S/C15H23ClN2O2/c1-4-7-20-8-5-6-17-15(19)12-9-13(11(2)3)18-14(16)10-12/h9-11H,4-8H2,1-3H3,(H,17,19). The van der Waals surface area contributed by atoms with Crippen LogP contribution < -0.4 is 5.32 Å². The summed E-state index contributed by atoms with van der Waals surface area (Å²) in [5.41, 5.74) is 1.39. The van der Waals surface area contributed by atoms with Gasteiger partial charge >= 0.3 is 0 Å². The van der Waals surface area contributed by atoms with Crippen LogP contribution in [0.4, 0.5) is 0 Å². The predicted octanol–water partition coefficient (Wildman–Crippen LogP) is 3.40. The van der Waals surface area contributed by atoms with Gasteiger partial charge in [-0.3, -0.25) is 4.79 Å². The Bertz CT molecular complexity index is 436. The van der Waals surface area contributed by atoms with Crippen LogP contribution in [0.3, 0.4) is 0 Å². The Hall–Kier alpha value is -1.13. The van der Waals surface area contributed by atoms with Crippen LogP contribution in [0.25, 0.3) is 0 Å². The van der Waals surface area contributed by atoms with Crippen molar-refractivity contribution < 1.29 is 9.53 Å². The van der Waals surface area contributed by atoms with Crippen LogP contribution in [0.5, 0.6) is 0 Å². The van der Waals surface area contributed by atoms with Crippen LogP contribution in [0.15, 0.2) is 12.1 Å². The summed E-state index contributed by atoms with van der Waals surface area (Å²) in [5.74, 6) is 0.120. The number of halogens is 1. The fourth-order valence-corrected chi connectivity index (χ4v) is 1.88. The molecule has 0 saturated heterocycles. The number of amides is 1. The normalized spacial score (nSPS) is 10.8. The second kappa shape index (κ2) is 8.93. The van der Waals surface area contributed by atoms with E-state index in [1.165, 1.54) is 0 Å². The lowest BCUT2D eigenvalue weighted by molar-refractivity contribution is 0.0941. The van der Waals surface area contributed by atoms with Crippen LogP contribution >= 0.6 is 11.6 Å². The number of ether oxygens (including phenoxy) is 1. The van der Waals surface area contributed by atoms with E-state index >= 15 is 0 Å². The topological polar surface area (TPSA) is 51.2 Å². The highest BCUT2D eigenvalue weighted by Crippen LogP contribution is 2.17. The molecule has 20 heavy (non-hydrogen) atoms. The van der Waals surface area contributed by atoms with E-state index in [1.807, 2.05) is 13.8 Å². The molecule has 0 radical (unpaired) electrons. The van der Waals surface area contributed by atoms with Crippen LogP contribution in [0.2, 0.25) is 5.15 Å². The number of nitrogens with zero attached hydrogens (tertiary/aromatic N) is 1. The van der Waals surface area contributed by atoms with Gasteiger partial charge in [-0.25, -0.2) is 4.98 Å². The summed E-state index contributed by atoms with van der Waals surface area (Å²) in [6, 6.07) is 3.38. The first kappa shape index (κ1) is 16.9. The summed E-state index contributed by atoms with van der Waals surface area (Å²) in [5, 5.41) is 3.22. The third-order valence-corrected chi connectivity index (χ3v) is 2.96. The predicted molar refractivity (Wildman–Crippen MR) is 81.4 cm³/mol. The van der Waals surface area contributed by atoms with Crippen LogP contribution in [0.1, 0.15) is 55.6 Å². The van der Waals surface area contributed by atoms with Gasteiger partial charge in [0.1, 0.15) is 5.15 Å². The average molecular weight is 299 g/mol. The fraction of sp³-hybridized carbons (Fsp3) is 0.600. The van der Waals surface area contributed by atoms with Crippen LogP contribution in [-0.4, -0.2) is 30.6 Å². The van der Waals surface area contributed by atoms with Crippen LogP contribution in [0, 0.1) is 0 Å². The molecule has 0 unspecified atom stereocenters. The summed E-state index contributed by atoms with van der Waals surface area (Å²) in [6.07, 6.45) is 1.82. The van der Waals surface area contributed by atoms with E-state index in [0.29, 0.717) is 23.9 Å². The minimum absolute atomic E-state index is 0.119. The highest BCUT2D eigenvalue weighted by molar-refractivity contribution is 6.29. The molecule has 1 amide bonds. The van der Waals surface area contributed by atoms with Crippen molar-refractivity contribution >= 4 is 17.5 Å². The number of carbonyl (C=O) groups excluding carboxylic acids is 1. The molecule has 1 aromatic heterocycles. The first-order chi connectivity index (χ1) is 9.54. The molecule has 112 valence electrons. The molecule has 0 aliphatic carbocycles. The smallest absolute Gasteiger partial charge is 0.251 e. The molecule has 0 aliphatic rings. The van der Waals surface area contributed by atoms with Gasteiger partial charge in [0.2, 0.25) is 0 Å². The second-order valence-corrected chi connectivity index (χ2v) is 5.37. The lowest BCUT2D eigenvalue weighted by atomic mass is 10.1. The highest BCUT2D eigenvalue weighted by Gasteiger charge is 2.10. The molecular weight excluding hydrogens is 276 g/mol. The Morgan fingerprint density at radius 1 is 1.40 bits per heavy atom. The molecule has 1 aromatic rings. The van der Waals surface area contributed by atoms with Crippen molar-refractivity contribution in [3.05, 3.63) is 28.5 Å². The summed E-state index contributed by atoms with van der Waals surface area (Å²) in [6.45, 7) is 8.14. The van der Waals surface area contributed by atoms with E-state index in [9.17, 15) is 4.79 Å². The number of rotatable bonds is 8. The Kier molecular flexibility index (Phi) is 7.55. The largest absolute Gasteiger partial charge is 0.381 e.